The molecule has 12 amide bonds. The van der Waals surface area contributed by atoms with E-state index >= 15 is 19.2 Å². The van der Waals surface area contributed by atoms with Gasteiger partial charge in [0.05, 0.1) is 49.9 Å². The fourth-order valence-corrected chi connectivity index (χ4v) is 15.2. The molecule has 3 aliphatic heterocycles. The van der Waals surface area contributed by atoms with Crippen LogP contribution in [0.25, 0.3) is 0 Å². The molecule has 6 fully saturated rings. The number of nitrogens with one attached hydrogen (secondary N) is 3. The number of fused-ring (bicyclic) bond motifs is 1. The summed E-state index contributed by atoms with van der Waals surface area (Å²) < 4.78 is 47.1. The molecule has 546 valence electrons. The molecule has 7 rings (SSSR count). The van der Waals surface area contributed by atoms with Crippen molar-refractivity contribution in [3.05, 3.63) is 34.3 Å². The number of ether oxygens (including phenoxy) is 1. The molecular weight excluding hydrogens is 1300 g/mol. The second-order valence-corrected chi connectivity index (χ2v) is 28.7. The molecule has 29 heteroatoms. The third-order valence-electron chi connectivity index (χ3n) is 21.5. The smallest absolute Gasteiger partial charge is 0.378 e. The quantitative estimate of drug-likeness (QED) is 0.312. The summed E-state index contributed by atoms with van der Waals surface area (Å²) in [5.74, 6) is -8.86. The van der Waals surface area contributed by atoms with Gasteiger partial charge in [0.2, 0.25) is 70.9 Å². The largest absolute Gasteiger partial charge is 0.417 e. The van der Waals surface area contributed by atoms with Gasteiger partial charge in [-0.3, -0.25) is 57.5 Å². The Labute approximate surface area is 579 Å². The Morgan fingerprint density at radius 2 is 1.28 bits per heavy atom. The molecule has 3 aliphatic carbocycles. The summed E-state index contributed by atoms with van der Waals surface area (Å²) in [7, 11) is 9.83. The molecule has 0 radical (unpaired) electrons. The van der Waals surface area contributed by atoms with Gasteiger partial charge in [0.1, 0.15) is 47.8 Å². The highest BCUT2D eigenvalue weighted by molar-refractivity contribution is 6.31. The Morgan fingerprint density at radius 3 is 1.89 bits per heavy atom. The second-order valence-electron chi connectivity index (χ2n) is 28.3. The number of morpholine rings is 1. The molecule has 6 aliphatic rings. The van der Waals surface area contributed by atoms with Gasteiger partial charge in [-0.25, -0.2) is 0 Å². The molecule has 98 heavy (non-hydrogen) atoms. The molecule has 25 nitrogen and oxygen atoms in total. The number of likely N-dealkylation sites (N-methyl/N-ethyl adjacent to an activating group) is 7. The van der Waals surface area contributed by atoms with E-state index in [-0.39, 0.29) is 77.3 Å². The van der Waals surface area contributed by atoms with Crippen molar-refractivity contribution in [2.75, 3.05) is 102 Å². The third-order valence-corrected chi connectivity index (χ3v) is 21.8. The van der Waals surface area contributed by atoms with E-state index in [1.54, 1.807) is 6.92 Å². The molecule has 3 N–H and O–H groups in total. The lowest BCUT2D eigenvalue weighted by atomic mass is 9.81. The first kappa shape index (κ1) is 78.2. The van der Waals surface area contributed by atoms with Crippen molar-refractivity contribution in [3.8, 4) is 0 Å². The van der Waals surface area contributed by atoms with Crippen LogP contribution in [0.15, 0.2) is 18.2 Å². The molecule has 0 unspecified atom stereocenters. The van der Waals surface area contributed by atoms with Gasteiger partial charge in [-0.05, 0) is 100 Å². The van der Waals surface area contributed by atoms with Gasteiger partial charge in [0.15, 0.2) is 0 Å². The van der Waals surface area contributed by atoms with E-state index in [1.807, 2.05) is 6.92 Å². The van der Waals surface area contributed by atoms with Gasteiger partial charge in [-0.1, -0.05) is 102 Å². The maximum atomic E-state index is 15.7. The summed E-state index contributed by atoms with van der Waals surface area (Å²) in [5, 5.41) is 8.04. The van der Waals surface area contributed by atoms with Crippen LogP contribution in [0.2, 0.25) is 5.02 Å². The minimum atomic E-state index is -4.76. The Morgan fingerprint density at radius 1 is 0.663 bits per heavy atom. The molecule has 1 aromatic carbocycles. The average Bonchev–Trinajstić information content (AvgIpc) is 1.27. The van der Waals surface area contributed by atoms with Gasteiger partial charge >= 0.3 is 6.18 Å². The Hall–Kier alpha value is -7.10. The summed E-state index contributed by atoms with van der Waals surface area (Å²) in [5.41, 5.74) is -2.35. The summed E-state index contributed by atoms with van der Waals surface area (Å²) >= 11 is 6.15. The highest BCUT2D eigenvalue weighted by Gasteiger charge is 2.51. The topological polar surface area (TPSA) is 279 Å². The van der Waals surface area contributed by atoms with E-state index in [1.165, 1.54) is 86.8 Å². The number of amides is 12. The number of rotatable bonds is 9. The minimum absolute atomic E-state index is 0.0185. The fourth-order valence-electron chi connectivity index (χ4n) is 14.9. The monoisotopic (exact) mass is 1400 g/mol. The average molecular weight is 1400 g/mol. The molecule has 8 atom stereocenters. The highest BCUT2D eigenvalue weighted by atomic mass is 35.5. The van der Waals surface area contributed by atoms with Gasteiger partial charge < -0.3 is 64.8 Å². The van der Waals surface area contributed by atoms with E-state index in [2.05, 4.69) is 16.0 Å². The van der Waals surface area contributed by atoms with Crippen LogP contribution in [-0.2, 0) is 74.9 Å². The van der Waals surface area contributed by atoms with E-state index in [9.17, 15) is 51.5 Å². The van der Waals surface area contributed by atoms with Crippen molar-refractivity contribution in [2.45, 2.75) is 210 Å². The van der Waals surface area contributed by atoms with Crippen LogP contribution in [0.4, 0.5) is 13.2 Å². The predicted octanol–water partition coefficient (Wildman–Crippen LogP) is 4.24. The summed E-state index contributed by atoms with van der Waals surface area (Å²) in [6.45, 7) is 4.04. The number of halogens is 4. The van der Waals surface area contributed by atoms with E-state index in [0.29, 0.717) is 44.1 Å². The first-order valence-electron chi connectivity index (χ1n) is 35.0. The Balaban J connectivity index is 1.27. The molecule has 3 heterocycles. The van der Waals surface area contributed by atoms with Crippen molar-refractivity contribution < 1.29 is 75.4 Å². The molecule has 1 spiro atoms. The zero-order valence-electron chi connectivity index (χ0n) is 58.9. The number of carbonyl (C=O) groups is 12. The van der Waals surface area contributed by atoms with Crippen LogP contribution in [0, 0.1) is 17.8 Å². The number of hydrogen-bond donors (Lipinski definition) is 3. The maximum Gasteiger partial charge on any atom is 0.417 e. The van der Waals surface area contributed by atoms with Crippen LogP contribution in [-0.4, -0.2) is 265 Å². The lowest BCUT2D eigenvalue weighted by molar-refractivity contribution is -0.157. The maximum absolute atomic E-state index is 15.7. The lowest BCUT2D eigenvalue weighted by Crippen LogP contribution is -2.65. The molecule has 3 saturated heterocycles. The summed E-state index contributed by atoms with van der Waals surface area (Å²) in [6, 6.07) is -5.68. The first-order chi connectivity index (χ1) is 46.3. The van der Waals surface area contributed by atoms with E-state index < -0.39 is 173 Å². The van der Waals surface area contributed by atoms with Gasteiger partial charge in [-0.2, -0.15) is 13.2 Å². The van der Waals surface area contributed by atoms with Gasteiger partial charge in [0, 0.05) is 69.0 Å². The van der Waals surface area contributed by atoms with Crippen LogP contribution in [0.3, 0.4) is 0 Å². The standard InChI is InChI=1S/C69H104ClF3N12O13/c1-11-43(2)58-65(95)79(6)41-56(88)77(4)42-57(89)81(8)52(38-45-21-14-12-15-22-45)63(93)78(5)40-54(86)74-50(29-27-46-26-28-48(49(70)37-46)69(71,72)73)62(92)85-32-20-25-51(85)61(91)76-68(30-18-19-31-68)67(97)83(10)59(47-23-16-13-17-24-47)66(96)82(9)53(64(94)84-33-35-98-36-34-84)39-55(87)80(7)44(3)60(90)75-58/h26,28,37,43-45,47,50-53,58-59H,11-25,27,29-36,38-42H2,1-10H3,(H,74,86)(H,75,90)(H,76,91)/t43-,44-,50-,51-,52-,53-,58-,59-/m0/s1. The van der Waals surface area contributed by atoms with Crippen LogP contribution in [0.1, 0.15) is 160 Å². The first-order valence-corrected chi connectivity index (χ1v) is 35.4. The number of hydrogen-bond acceptors (Lipinski definition) is 13. The minimum Gasteiger partial charge on any atom is -0.378 e. The number of aryl methyl sites for hydroxylation is 1. The van der Waals surface area contributed by atoms with Gasteiger partial charge in [0.25, 0.3) is 0 Å². The van der Waals surface area contributed by atoms with Crippen molar-refractivity contribution >= 4 is 82.5 Å². The number of alkyl halides is 3. The normalized spacial score (nSPS) is 27.2. The van der Waals surface area contributed by atoms with Crippen molar-refractivity contribution in [1.29, 1.82) is 0 Å². The van der Waals surface area contributed by atoms with Crippen LogP contribution < -0.4 is 16.0 Å². The Kier molecular flexibility index (Phi) is 27.8. The molecular formula is C69H104ClF3N12O13. The van der Waals surface area contributed by atoms with Gasteiger partial charge in [-0.15, -0.1) is 0 Å². The lowest BCUT2D eigenvalue weighted by Gasteiger charge is -2.43. The van der Waals surface area contributed by atoms with E-state index in [4.69, 9.17) is 16.3 Å². The second kappa shape index (κ2) is 34.8. The molecule has 1 aromatic rings. The fraction of sp³-hybridized carbons (Fsp3) is 0.739. The van der Waals surface area contributed by atoms with Crippen molar-refractivity contribution in [3.63, 3.8) is 0 Å². The van der Waals surface area contributed by atoms with Crippen LogP contribution in [0.5, 0.6) is 0 Å². The summed E-state index contributed by atoms with van der Waals surface area (Å²) in [6.07, 6.45) is 4.54. The van der Waals surface area contributed by atoms with Crippen LogP contribution >= 0.6 is 11.6 Å². The third kappa shape index (κ3) is 19.2. The Bertz CT molecular complexity index is 3060. The summed E-state index contributed by atoms with van der Waals surface area (Å²) in [4.78, 5) is 189. The predicted molar refractivity (Wildman–Crippen MR) is 357 cm³/mol. The highest BCUT2D eigenvalue weighted by Crippen LogP contribution is 2.38. The number of benzene rings is 1. The number of nitrogens with zero attached hydrogens (tertiary/aromatic N) is 9. The van der Waals surface area contributed by atoms with Crippen molar-refractivity contribution in [2.24, 2.45) is 17.8 Å². The number of carbonyl (C=O) groups excluding carboxylic acids is 12. The zero-order chi connectivity index (χ0) is 72.1. The molecule has 3 saturated carbocycles. The molecule has 0 bridgehead atoms. The SMILES string of the molecule is CC[C@H](C)[C@@H]1NC(=O)[C@H](C)N(C)C(=O)C[C@@H](C(=O)N2CCOCC2)N(C)C(=O)[C@H](C2CCCCC2)N(C)C(=O)C2(CCCC2)NC(=O)[C@@H]2CCCN2C(=O)[C@H](CCc2ccc(C(F)(F)F)c(Cl)c2)NC(=O)CN(C)C(=O)[C@H](CC2CCCCC2)N(C)C(=O)CN(C)C(=O)CN(C)C1=O. The van der Waals surface area contributed by atoms with E-state index in [0.717, 1.165) is 83.1 Å². The zero-order valence-corrected chi connectivity index (χ0v) is 59.6. The molecule has 0 aromatic heterocycles. The van der Waals surface area contributed by atoms with Crippen molar-refractivity contribution in [1.82, 2.24) is 60.0 Å².